The molecule has 0 N–H and O–H groups in total. The average Bonchev–Trinajstić information content (AvgIpc) is 2.47. The maximum atomic E-state index is 2.50. The van der Waals surface area contributed by atoms with E-state index in [1.807, 2.05) is 0 Å². The van der Waals surface area contributed by atoms with Gasteiger partial charge in [-0.05, 0) is 81.0 Å². The normalized spacial score (nSPS) is 38.5. The van der Waals surface area contributed by atoms with Crippen LogP contribution in [0.4, 0.5) is 0 Å². The van der Waals surface area contributed by atoms with Gasteiger partial charge < -0.3 is 0 Å². The van der Waals surface area contributed by atoms with Gasteiger partial charge in [-0.25, -0.2) is 0 Å². The molecular formula is C21H36. The summed E-state index contributed by atoms with van der Waals surface area (Å²) in [4.78, 5) is 0. The number of hydrogen-bond acceptors (Lipinski definition) is 0. The highest BCUT2D eigenvalue weighted by Crippen LogP contribution is 2.44. The fraction of sp³-hybridized carbons (Fsp3) is 0.905. The SMILES string of the molecule is CC/C=C/C1CCC(CC2CCC(C3CCC3)CC2)CC1. The number of hydrogen-bond donors (Lipinski definition) is 0. The monoisotopic (exact) mass is 288 g/mol. The van der Waals surface area contributed by atoms with E-state index in [1.54, 1.807) is 44.9 Å². The molecule has 3 saturated carbocycles. The summed E-state index contributed by atoms with van der Waals surface area (Å²) in [6.45, 7) is 2.25. The minimum absolute atomic E-state index is 0.913. The molecule has 0 amide bonds. The summed E-state index contributed by atoms with van der Waals surface area (Å²) < 4.78 is 0. The summed E-state index contributed by atoms with van der Waals surface area (Å²) in [5.41, 5.74) is 0. The third-order valence-corrected chi connectivity index (χ3v) is 6.91. The van der Waals surface area contributed by atoms with Crippen LogP contribution in [0.5, 0.6) is 0 Å². The van der Waals surface area contributed by atoms with E-state index in [0.717, 1.165) is 29.6 Å². The molecule has 0 spiro atoms. The van der Waals surface area contributed by atoms with E-state index in [2.05, 4.69) is 19.1 Å². The maximum absolute atomic E-state index is 2.50. The molecule has 0 aromatic carbocycles. The van der Waals surface area contributed by atoms with E-state index in [-0.39, 0.29) is 0 Å². The molecule has 0 bridgehead atoms. The fourth-order valence-corrected chi connectivity index (χ4v) is 5.22. The van der Waals surface area contributed by atoms with Crippen molar-refractivity contribution < 1.29 is 0 Å². The summed E-state index contributed by atoms with van der Waals surface area (Å²) >= 11 is 0. The van der Waals surface area contributed by atoms with Crippen molar-refractivity contribution in [3.8, 4) is 0 Å². The van der Waals surface area contributed by atoms with Crippen LogP contribution in [0, 0.1) is 29.6 Å². The molecule has 0 heterocycles. The first-order valence-corrected chi connectivity index (χ1v) is 10.0. The zero-order valence-electron chi connectivity index (χ0n) is 14.2. The molecule has 120 valence electrons. The van der Waals surface area contributed by atoms with Crippen molar-refractivity contribution in [2.45, 2.75) is 90.4 Å². The summed E-state index contributed by atoms with van der Waals surface area (Å²) in [6, 6.07) is 0. The quantitative estimate of drug-likeness (QED) is 0.490. The van der Waals surface area contributed by atoms with Crippen molar-refractivity contribution in [1.82, 2.24) is 0 Å². The van der Waals surface area contributed by atoms with Gasteiger partial charge in [0.2, 0.25) is 0 Å². The Labute approximate surface area is 132 Å². The Morgan fingerprint density at radius 3 is 1.81 bits per heavy atom. The Kier molecular flexibility index (Phi) is 5.83. The lowest BCUT2D eigenvalue weighted by molar-refractivity contribution is 0.124. The summed E-state index contributed by atoms with van der Waals surface area (Å²) in [6.07, 6.45) is 24.6. The smallest absolute Gasteiger partial charge is 0.0233 e. The standard InChI is InChI=1S/C21H36/c1-2-3-5-17-8-10-18(11-9-17)16-19-12-14-21(15-13-19)20-6-4-7-20/h3,5,17-21H,2,4,6-16H2,1H3/b5-3+. The highest BCUT2D eigenvalue weighted by molar-refractivity contribution is 4.91. The lowest BCUT2D eigenvalue weighted by Crippen LogP contribution is -2.27. The fourth-order valence-electron chi connectivity index (χ4n) is 5.22. The third kappa shape index (κ3) is 4.36. The topological polar surface area (TPSA) is 0 Å². The molecule has 3 aliphatic carbocycles. The molecular weight excluding hydrogens is 252 g/mol. The molecule has 0 nitrogen and oxygen atoms in total. The Hall–Kier alpha value is -0.260. The Morgan fingerprint density at radius 1 is 0.714 bits per heavy atom. The van der Waals surface area contributed by atoms with Gasteiger partial charge in [-0.15, -0.1) is 0 Å². The molecule has 21 heavy (non-hydrogen) atoms. The van der Waals surface area contributed by atoms with E-state index in [1.165, 1.54) is 38.5 Å². The molecule has 3 rings (SSSR count). The lowest BCUT2D eigenvalue weighted by Gasteiger charge is -2.39. The van der Waals surface area contributed by atoms with Gasteiger partial charge in [0.1, 0.15) is 0 Å². The lowest BCUT2D eigenvalue weighted by atomic mass is 9.66. The van der Waals surface area contributed by atoms with Gasteiger partial charge in [0.25, 0.3) is 0 Å². The second kappa shape index (κ2) is 7.84. The molecule has 3 aliphatic rings. The van der Waals surface area contributed by atoms with Gasteiger partial charge in [0, 0.05) is 0 Å². The molecule has 0 aromatic rings. The van der Waals surface area contributed by atoms with Gasteiger partial charge in [0.05, 0.1) is 0 Å². The van der Waals surface area contributed by atoms with E-state index in [4.69, 9.17) is 0 Å². The van der Waals surface area contributed by atoms with Crippen LogP contribution in [-0.2, 0) is 0 Å². The van der Waals surface area contributed by atoms with Crippen molar-refractivity contribution in [2.75, 3.05) is 0 Å². The average molecular weight is 289 g/mol. The molecule has 0 heteroatoms. The molecule has 0 saturated heterocycles. The van der Waals surface area contributed by atoms with Crippen LogP contribution in [0.3, 0.4) is 0 Å². The minimum atomic E-state index is 0.913. The van der Waals surface area contributed by atoms with Crippen molar-refractivity contribution in [3.63, 3.8) is 0 Å². The van der Waals surface area contributed by atoms with Crippen LogP contribution < -0.4 is 0 Å². The van der Waals surface area contributed by atoms with Gasteiger partial charge in [-0.2, -0.15) is 0 Å². The molecule has 3 fully saturated rings. The van der Waals surface area contributed by atoms with Gasteiger partial charge >= 0.3 is 0 Å². The van der Waals surface area contributed by atoms with Gasteiger partial charge in [0.15, 0.2) is 0 Å². The highest BCUT2D eigenvalue weighted by atomic mass is 14.4. The first kappa shape index (κ1) is 15.6. The van der Waals surface area contributed by atoms with Crippen molar-refractivity contribution >= 4 is 0 Å². The van der Waals surface area contributed by atoms with Crippen LogP contribution in [0.25, 0.3) is 0 Å². The summed E-state index contributed by atoms with van der Waals surface area (Å²) in [7, 11) is 0. The van der Waals surface area contributed by atoms with E-state index >= 15 is 0 Å². The molecule has 0 atom stereocenters. The first-order valence-electron chi connectivity index (χ1n) is 10.0. The van der Waals surface area contributed by atoms with Crippen LogP contribution in [0.1, 0.15) is 90.4 Å². The van der Waals surface area contributed by atoms with Gasteiger partial charge in [-0.1, -0.05) is 51.2 Å². The Balaban J connectivity index is 1.33. The minimum Gasteiger partial charge on any atom is -0.0885 e. The van der Waals surface area contributed by atoms with E-state index in [0.29, 0.717) is 0 Å². The molecule has 0 aromatic heterocycles. The Morgan fingerprint density at radius 2 is 1.29 bits per heavy atom. The zero-order valence-corrected chi connectivity index (χ0v) is 14.2. The zero-order chi connectivity index (χ0) is 14.5. The predicted octanol–water partition coefficient (Wildman–Crippen LogP) is 6.76. The van der Waals surface area contributed by atoms with Gasteiger partial charge in [-0.3, -0.25) is 0 Å². The van der Waals surface area contributed by atoms with Crippen molar-refractivity contribution in [2.24, 2.45) is 29.6 Å². The second-order valence-corrected chi connectivity index (χ2v) is 8.32. The Bertz CT molecular complexity index is 309. The van der Waals surface area contributed by atoms with Crippen LogP contribution >= 0.6 is 0 Å². The van der Waals surface area contributed by atoms with Crippen molar-refractivity contribution in [3.05, 3.63) is 12.2 Å². The van der Waals surface area contributed by atoms with Crippen LogP contribution in [0.15, 0.2) is 12.2 Å². The second-order valence-electron chi connectivity index (χ2n) is 8.32. The largest absolute Gasteiger partial charge is 0.0885 e. The predicted molar refractivity (Wildman–Crippen MR) is 92.3 cm³/mol. The summed E-state index contributed by atoms with van der Waals surface area (Å²) in [5, 5.41) is 0. The highest BCUT2D eigenvalue weighted by Gasteiger charge is 2.32. The number of rotatable bonds is 5. The molecule has 0 aliphatic heterocycles. The maximum Gasteiger partial charge on any atom is -0.0233 e. The van der Waals surface area contributed by atoms with E-state index < -0.39 is 0 Å². The molecule has 0 radical (unpaired) electrons. The third-order valence-electron chi connectivity index (χ3n) is 6.91. The van der Waals surface area contributed by atoms with Crippen LogP contribution in [-0.4, -0.2) is 0 Å². The van der Waals surface area contributed by atoms with Crippen LogP contribution in [0.2, 0.25) is 0 Å². The van der Waals surface area contributed by atoms with E-state index in [9.17, 15) is 0 Å². The number of allylic oxidation sites excluding steroid dienone is 2. The molecule has 0 unspecified atom stereocenters. The first-order chi connectivity index (χ1) is 10.3. The summed E-state index contributed by atoms with van der Waals surface area (Å²) in [5.74, 6) is 5.35. The van der Waals surface area contributed by atoms with Crippen molar-refractivity contribution in [1.29, 1.82) is 0 Å².